The Morgan fingerprint density at radius 3 is 2.52 bits per heavy atom. The first-order chi connectivity index (χ1) is 11.0. The second-order valence-electron chi connectivity index (χ2n) is 5.54. The summed E-state index contributed by atoms with van der Waals surface area (Å²) in [4.78, 5) is 11.7. The third kappa shape index (κ3) is 4.25. The molecule has 0 saturated heterocycles. The van der Waals surface area contributed by atoms with Crippen molar-refractivity contribution in [3.05, 3.63) is 59.2 Å². The third-order valence-corrected chi connectivity index (χ3v) is 3.82. The van der Waals surface area contributed by atoms with Crippen molar-refractivity contribution in [1.82, 2.24) is 0 Å². The molecule has 0 aliphatic rings. The molecule has 1 unspecified atom stereocenters. The van der Waals surface area contributed by atoms with E-state index in [9.17, 15) is 9.90 Å². The van der Waals surface area contributed by atoms with E-state index >= 15 is 0 Å². The van der Waals surface area contributed by atoms with E-state index in [0.717, 1.165) is 16.9 Å². The predicted molar refractivity (Wildman–Crippen MR) is 89.4 cm³/mol. The number of aliphatic carboxylic acids is 1. The van der Waals surface area contributed by atoms with Crippen LogP contribution in [0.1, 0.15) is 29.0 Å². The van der Waals surface area contributed by atoms with Gasteiger partial charge in [-0.2, -0.15) is 0 Å². The molecular weight excluding hydrogens is 292 g/mol. The highest BCUT2D eigenvalue weighted by Crippen LogP contribution is 2.30. The lowest BCUT2D eigenvalue weighted by Gasteiger charge is -2.17. The van der Waals surface area contributed by atoms with Crippen LogP contribution in [0.15, 0.2) is 42.5 Å². The van der Waals surface area contributed by atoms with Crippen LogP contribution in [0.3, 0.4) is 0 Å². The lowest BCUT2D eigenvalue weighted by Crippen LogP contribution is -2.16. The highest BCUT2D eigenvalue weighted by Gasteiger charge is 2.23. The summed E-state index contributed by atoms with van der Waals surface area (Å²) < 4.78 is 11.0. The van der Waals surface area contributed by atoms with Crippen molar-refractivity contribution in [3.8, 4) is 11.5 Å². The van der Waals surface area contributed by atoms with Gasteiger partial charge in [0.1, 0.15) is 11.5 Å². The first-order valence-electron chi connectivity index (χ1n) is 7.58. The molecule has 0 amide bonds. The predicted octanol–water partition coefficient (Wildman–Crippen LogP) is 3.95. The molecule has 0 aromatic heterocycles. The molecule has 2 aromatic carbocycles. The van der Waals surface area contributed by atoms with E-state index < -0.39 is 11.9 Å². The topological polar surface area (TPSA) is 55.8 Å². The molecule has 0 saturated carbocycles. The first-order valence-corrected chi connectivity index (χ1v) is 7.58. The molecule has 122 valence electrons. The Bertz CT molecular complexity index is 679. The number of para-hydroxylation sites is 1. The molecule has 1 N–H and O–H groups in total. The second-order valence-corrected chi connectivity index (χ2v) is 5.54. The molecule has 0 fully saturated rings. The largest absolute Gasteiger partial charge is 0.496 e. The summed E-state index contributed by atoms with van der Waals surface area (Å²) in [7, 11) is 1.55. The molecule has 0 spiro atoms. The number of aryl methyl sites for hydroxylation is 2. The third-order valence-electron chi connectivity index (χ3n) is 3.82. The lowest BCUT2D eigenvalue weighted by molar-refractivity contribution is -0.139. The van der Waals surface area contributed by atoms with E-state index in [1.807, 2.05) is 56.3 Å². The molecule has 0 aliphatic carbocycles. The van der Waals surface area contributed by atoms with Gasteiger partial charge in [-0.15, -0.1) is 0 Å². The SMILES string of the molecule is COc1ccc(C)cc1C(CCOc1ccccc1C)C(=O)O. The van der Waals surface area contributed by atoms with Crippen LogP contribution in [0.25, 0.3) is 0 Å². The number of ether oxygens (including phenoxy) is 2. The monoisotopic (exact) mass is 314 g/mol. The van der Waals surface area contributed by atoms with Crippen molar-refractivity contribution in [2.24, 2.45) is 0 Å². The molecule has 0 radical (unpaired) electrons. The standard InChI is InChI=1S/C19H22O4/c1-13-8-9-18(22-3)16(12-13)15(19(20)21)10-11-23-17-7-5-4-6-14(17)2/h4-9,12,15H,10-11H2,1-3H3,(H,20,21). The molecule has 2 rings (SSSR count). The van der Waals surface area contributed by atoms with Gasteiger partial charge in [0, 0.05) is 5.56 Å². The van der Waals surface area contributed by atoms with E-state index in [4.69, 9.17) is 9.47 Å². The highest BCUT2D eigenvalue weighted by molar-refractivity contribution is 5.77. The fourth-order valence-electron chi connectivity index (χ4n) is 2.54. The van der Waals surface area contributed by atoms with E-state index in [-0.39, 0.29) is 0 Å². The number of carbonyl (C=O) groups is 1. The molecular formula is C19H22O4. The minimum atomic E-state index is -0.873. The first kappa shape index (κ1) is 16.9. The molecule has 23 heavy (non-hydrogen) atoms. The van der Waals surface area contributed by atoms with Crippen molar-refractivity contribution in [1.29, 1.82) is 0 Å². The number of carboxylic acids is 1. The van der Waals surface area contributed by atoms with Gasteiger partial charge in [-0.1, -0.05) is 35.9 Å². The average Bonchev–Trinajstić information content (AvgIpc) is 2.53. The van der Waals surface area contributed by atoms with Crippen molar-refractivity contribution in [3.63, 3.8) is 0 Å². The summed E-state index contributed by atoms with van der Waals surface area (Å²) in [6.07, 6.45) is 0.378. The number of methoxy groups -OCH3 is 1. The van der Waals surface area contributed by atoms with Crippen LogP contribution in [0.2, 0.25) is 0 Å². The summed E-state index contributed by atoms with van der Waals surface area (Å²) >= 11 is 0. The molecule has 1 atom stereocenters. The lowest BCUT2D eigenvalue weighted by atomic mass is 9.94. The molecule has 4 nitrogen and oxygen atoms in total. The Labute approximate surface area is 136 Å². The van der Waals surface area contributed by atoms with Crippen molar-refractivity contribution in [2.75, 3.05) is 13.7 Å². The quantitative estimate of drug-likeness (QED) is 0.840. The van der Waals surface area contributed by atoms with Gasteiger partial charge in [-0.25, -0.2) is 0 Å². The zero-order valence-corrected chi connectivity index (χ0v) is 13.7. The second kappa shape index (κ2) is 7.68. The number of hydrogen-bond donors (Lipinski definition) is 1. The van der Waals surface area contributed by atoms with Crippen molar-refractivity contribution in [2.45, 2.75) is 26.2 Å². The van der Waals surface area contributed by atoms with Crippen LogP contribution in [0.4, 0.5) is 0 Å². The van der Waals surface area contributed by atoms with Gasteiger partial charge in [0.15, 0.2) is 0 Å². The van der Waals surface area contributed by atoms with Crippen LogP contribution in [0, 0.1) is 13.8 Å². The van der Waals surface area contributed by atoms with Crippen LogP contribution in [-0.4, -0.2) is 24.8 Å². The van der Waals surface area contributed by atoms with Gasteiger partial charge in [0.05, 0.1) is 19.6 Å². The molecule has 2 aromatic rings. The van der Waals surface area contributed by atoms with E-state index in [1.54, 1.807) is 7.11 Å². The minimum absolute atomic E-state index is 0.332. The summed E-state index contributed by atoms with van der Waals surface area (Å²) in [5, 5.41) is 9.58. The fraction of sp³-hybridized carbons (Fsp3) is 0.316. The van der Waals surface area contributed by atoms with Gasteiger partial charge in [-0.3, -0.25) is 4.79 Å². The van der Waals surface area contributed by atoms with E-state index in [0.29, 0.717) is 24.3 Å². The Morgan fingerprint density at radius 2 is 1.87 bits per heavy atom. The van der Waals surface area contributed by atoms with Crippen molar-refractivity contribution < 1.29 is 19.4 Å². The van der Waals surface area contributed by atoms with Crippen LogP contribution in [-0.2, 0) is 4.79 Å². The Morgan fingerprint density at radius 1 is 1.13 bits per heavy atom. The number of carboxylic acid groups (broad SMARTS) is 1. The Hall–Kier alpha value is -2.49. The van der Waals surface area contributed by atoms with E-state index in [2.05, 4.69) is 0 Å². The maximum absolute atomic E-state index is 11.7. The summed E-state index contributed by atoms with van der Waals surface area (Å²) in [6.45, 7) is 4.23. The highest BCUT2D eigenvalue weighted by atomic mass is 16.5. The Kier molecular flexibility index (Phi) is 5.63. The summed E-state index contributed by atoms with van der Waals surface area (Å²) in [6, 6.07) is 13.3. The van der Waals surface area contributed by atoms with Crippen LogP contribution < -0.4 is 9.47 Å². The molecule has 4 heteroatoms. The zero-order valence-electron chi connectivity index (χ0n) is 13.7. The smallest absolute Gasteiger partial charge is 0.311 e. The number of benzene rings is 2. The summed E-state index contributed by atoms with van der Waals surface area (Å²) in [5.74, 6) is -0.150. The average molecular weight is 314 g/mol. The van der Waals surface area contributed by atoms with Gasteiger partial charge in [0.25, 0.3) is 0 Å². The number of rotatable bonds is 7. The molecule has 0 heterocycles. The van der Waals surface area contributed by atoms with Gasteiger partial charge in [-0.05, 0) is 38.0 Å². The van der Waals surface area contributed by atoms with Crippen molar-refractivity contribution >= 4 is 5.97 Å². The minimum Gasteiger partial charge on any atom is -0.496 e. The van der Waals surface area contributed by atoms with Gasteiger partial charge < -0.3 is 14.6 Å². The Balaban J connectivity index is 2.12. The molecule has 0 bridgehead atoms. The maximum atomic E-state index is 11.7. The van der Waals surface area contributed by atoms with E-state index in [1.165, 1.54) is 0 Å². The van der Waals surface area contributed by atoms with Crippen LogP contribution in [0.5, 0.6) is 11.5 Å². The maximum Gasteiger partial charge on any atom is 0.311 e. The fourth-order valence-corrected chi connectivity index (χ4v) is 2.54. The van der Waals surface area contributed by atoms with Gasteiger partial charge in [0.2, 0.25) is 0 Å². The molecule has 0 aliphatic heterocycles. The number of hydrogen-bond acceptors (Lipinski definition) is 3. The normalized spacial score (nSPS) is 11.8. The summed E-state index contributed by atoms with van der Waals surface area (Å²) in [5.41, 5.74) is 2.73. The zero-order chi connectivity index (χ0) is 16.8. The van der Waals surface area contributed by atoms with Crippen LogP contribution >= 0.6 is 0 Å². The van der Waals surface area contributed by atoms with Gasteiger partial charge >= 0.3 is 5.97 Å².